The average Bonchev–Trinajstić information content (AvgIpc) is 2.08. The molecule has 2 nitrogen and oxygen atoms in total. The first-order valence-electron chi connectivity index (χ1n) is 4.22. The van der Waals surface area contributed by atoms with Crippen LogP contribution in [0.4, 0.5) is 0 Å². The van der Waals surface area contributed by atoms with Crippen molar-refractivity contribution >= 4 is 11.6 Å². The molecule has 13 heavy (non-hydrogen) atoms. The predicted molar refractivity (Wildman–Crippen MR) is 54.8 cm³/mol. The third-order valence-electron chi connectivity index (χ3n) is 2.06. The maximum Gasteiger partial charge on any atom is 0.0941 e. The zero-order valence-electron chi connectivity index (χ0n) is 7.79. The van der Waals surface area contributed by atoms with Crippen LogP contribution in [-0.2, 0) is 0 Å². The van der Waals surface area contributed by atoms with Gasteiger partial charge in [-0.15, -0.1) is 0 Å². The first kappa shape index (κ1) is 10.5. The third kappa shape index (κ3) is 2.44. The van der Waals surface area contributed by atoms with Crippen LogP contribution in [-0.4, -0.2) is 11.1 Å². The Kier molecular flexibility index (Phi) is 3.31. The van der Waals surface area contributed by atoms with E-state index in [-0.39, 0.29) is 6.04 Å². The van der Waals surface area contributed by atoms with Gasteiger partial charge in [0, 0.05) is 11.1 Å². The molecule has 1 rings (SSSR count). The molecule has 0 saturated heterocycles. The van der Waals surface area contributed by atoms with Crippen molar-refractivity contribution in [3.8, 4) is 0 Å². The molecule has 0 heterocycles. The SMILES string of the molecule is Cc1ccc(Cl)cc1C(O)C(C)N. The number of nitrogens with two attached hydrogens (primary N) is 1. The number of aliphatic hydroxyl groups is 1. The van der Waals surface area contributed by atoms with E-state index in [1.807, 2.05) is 13.0 Å². The normalized spacial score (nSPS) is 15.5. The monoisotopic (exact) mass is 199 g/mol. The van der Waals surface area contributed by atoms with Crippen molar-refractivity contribution in [1.29, 1.82) is 0 Å². The number of halogens is 1. The van der Waals surface area contributed by atoms with Gasteiger partial charge in [-0.1, -0.05) is 17.7 Å². The lowest BCUT2D eigenvalue weighted by Crippen LogP contribution is -2.24. The summed E-state index contributed by atoms with van der Waals surface area (Å²) in [6, 6.07) is 5.15. The molecule has 0 aliphatic heterocycles. The molecule has 0 aliphatic rings. The number of aryl methyl sites for hydroxylation is 1. The van der Waals surface area contributed by atoms with Crippen LogP contribution < -0.4 is 5.73 Å². The van der Waals surface area contributed by atoms with E-state index in [2.05, 4.69) is 0 Å². The lowest BCUT2D eigenvalue weighted by molar-refractivity contribution is 0.152. The highest BCUT2D eigenvalue weighted by Crippen LogP contribution is 2.23. The van der Waals surface area contributed by atoms with Gasteiger partial charge in [0.15, 0.2) is 0 Å². The summed E-state index contributed by atoms with van der Waals surface area (Å²) in [6.45, 7) is 3.70. The van der Waals surface area contributed by atoms with Gasteiger partial charge < -0.3 is 10.8 Å². The highest BCUT2D eigenvalue weighted by atomic mass is 35.5. The molecule has 0 spiro atoms. The fourth-order valence-electron chi connectivity index (χ4n) is 1.21. The molecule has 3 heteroatoms. The van der Waals surface area contributed by atoms with Crippen molar-refractivity contribution in [2.24, 2.45) is 5.73 Å². The first-order chi connectivity index (χ1) is 6.02. The molecule has 3 N–H and O–H groups in total. The molecular formula is C10H14ClNO. The largest absolute Gasteiger partial charge is 0.387 e. The van der Waals surface area contributed by atoms with Crippen LogP contribution in [0.1, 0.15) is 24.2 Å². The van der Waals surface area contributed by atoms with Crippen LogP contribution in [0.25, 0.3) is 0 Å². The molecule has 2 unspecified atom stereocenters. The van der Waals surface area contributed by atoms with Crippen molar-refractivity contribution in [3.05, 3.63) is 34.3 Å². The van der Waals surface area contributed by atoms with Crippen LogP contribution in [0, 0.1) is 6.92 Å². The van der Waals surface area contributed by atoms with E-state index in [0.29, 0.717) is 5.02 Å². The van der Waals surface area contributed by atoms with E-state index in [4.69, 9.17) is 17.3 Å². The minimum Gasteiger partial charge on any atom is -0.387 e. The summed E-state index contributed by atoms with van der Waals surface area (Å²) in [4.78, 5) is 0. The highest BCUT2D eigenvalue weighted by molar-refractivity contribution is 6.30. The average molecular weight is 200 g/mol. The van der Waals surface area contributed by atoms with E-state index < -0.39 is 6.10 Å². The van der Waals surface area contributed by atoms with Crippen LogP contribution in [0.15, 0.2) is 18.2 Å². The summed E-state index contributed by atoms with van der Waals surface area (Å²) >= 11 is 5.81. The van der Waals surface area contributed by atoms with Gasteiger partial charge in [0.2, 0.25) is 0 Å². The number of benzene rings is 1. The summed E-state index contributed by atoms with van der Waals surface area (Å²) < 4.78 is 0. The molecule has 0 fully saturated rings. The topological polar surface area (TPSA) is 46.2 Å². The van der Waals surface area contributed by atoms with Gasteiger partial charge in [-0.2, -0.15) is 0 Å². The standard InChI is InChI=1S/C10H14ClNO/c1-6-3-4-8(11)5-9(6)10(13)7(2)12/h3-5,7,10,13H,12H2,1-2H3. The molecule has 0 aliphatic carbocycles. The van der Waals surface area contributed by atoms with Crippen LogP contribution in [0.2, 0.25) is 5.02 Å². The Morgan fingerprint density at radius 3 is 2.62 bits per heavy atom. The molecule has 1 aromatic carbocycles. The molecule has 2 atom stereocenters. The second-order valence-electron chi connectivity index (χ2n) is 3.30. The fourth-order valence-corrected chi connectivity index (χ4v) is 1.39. The molecule has 0 saturated carbocycles. The Morgan fingerprint density at radius 1 is 1.46 bits per heavy atom. The molecular weight excluding hydrogens is 186 g/mol. The Labute approximate surface area is 83.3 Å². The van der Waals surface area contributed by atoms with E-state index in [1.165, 1.54) is 0 Å². The zero-order chi connectivity index (χ0) is 10.0. The van der Waals surface area contributed by atoms with Crippen LogP contribution in [0.5, 0.6) is 0 Å². The van der Waals surface area contributed by atoms with Gasteiger partial charge in [-0.05, 0) is 37.1 Å². The van der Waals surface area contributed by atoms with E-state index in [0.717, 1.165) is 11.1 Å². The van der Waals surface area contributed by atoms with Crippen molar-refractivity contribution in [1.82, 2.24) is 0 Å². The summed E-state index contributed by atoms with van der Waals surface area (Å²) in [5, 5.41) is 10.3. The summed E-state index contributed by atoms with van der Waals surface area (Å²) in [5.74, 6) is 0. The zero-order valence-corrected chi connectivity index (χ0v) is 8.55. The van der Waals surface area contributed by atoms with Crippen molar-refractivity contribution in [2.75, 3.05) is 0 Å². The Hall–Kier alpha value is -0.570. The minimum absolute atomic E-state index is 0.280. The van der Waals surface area contributed by atoms with Crippen molar-refractivity contribution < 1.29 is 5.11 Å². The Bertz CT molecular complexity index is 299. The minimum atomic E-state index is -0.640. The maximum atomic E-state index is 9.72. The summed E-state index contributed by atoms with van der Waals surface area (Å²) in [5.41, 5.74) is 7.41. The molecule has 0 aromatic heterocycles. The van der Waals surface area contributed by atoms with Gasteiger partial charge in [0.1, 0.15) is 0 Å². The van der Waals surface area contributed by atoms with E-state index >= 15 is 0 Å². The van der Waals surface area contributed by atoms with Gasteiger partial charge in [-0.25, -0.2) is 0 Å². The van der Waals surface area contributed by atoms with Crippen molar-refractivity contribution in [2.45, 2.75) is 26.0 Å². The van der Waals surface area contributed by atoms with Crippen LogP contribution >= 0.6 is 11.6 Å². The fraction of sp³-hybridized carbons (Fsp3) is 0.400. The molecule has 72 valence electrons. The Morgan fingerprint density at radius 2 is 2.08 bits per heavy atom. The van der Waals surface area contributed by atoms with Gasteiger partial charge in [0.25, 0.3) is 0 Å². The summed E-state index contributed by atoms with van der Waals surface area (Å²) in [7, 11) is 0. The van der Waals surface area contributed by atoms with Crippen LogP contribution in [0.3, 0.4) is 0 Å². The van der Waals surface area contributed by atoms with Gasteiger partial charge in [0.05, 0.1) is 6.10 Å². The van der Waals surface area contributed by atoms with Gasteiger partial charge in [-0.3, -0.25) is 0 Å². The second kappa shape index (κ2) is 4.09. The first-order valence-corrected chi connectivity index (χ1v) is 4.60. The molecule has 1 aromatic rings. The van der Waals surface area contributed by atoms with E-state index in [9.17, 15) is 5.11 Å². The Balaban J connectivity index is 3.05. The lowest BCUT2D eigenvalue weighted by Gasteiger charge is -2.17. The molecule has 0 radical (unpaired) electrons. The predicted octanol–water partition coefficient (Wildman–Crippen LogP) is 2.03. The van der Waals surface area contributed by atoms with E-state index in [1.54, 1.807) is 19.1 Å². The molecule has 0 bridgehead atoms. The number of hydrogen-bond donors (Lipinski definition) is 2. The summed E-state index contributed by atoms with van der Waals surface area (Å²) in [6.07, 6.45) is -0.640. The quantitative estimate of drug-likeness (QED) is 0.766. The smallest absolute Gasteiger partial charge is 0.0941 e. The lowest BCUT2D eigenvalue weighted by atomic mass is 9.99. The third-order valence-corrected chi connectivity index (χ3v) is 2.29. The van der Waals surface area contributed by atoms with Crippen molar-refractivity contribution in [3.63, 3.8) is 0 Å². The number of aliphatic hydroxyl groups excluding tert-OH is 1. The number of hydrogen-bond acceptors (Lipinski definition) is 2. The second-order valence-corrected chi connectivity index (χ2v) is 3.74. The molecule has 0 amide bonds. The van der Waals surface area contributed by atoms with Gasteiger partial charge >= 0.3 is 0 Å². The number of rotatable bonds is 2. The highest BCUT2D eigenvalue weighted by Gasteiger charge is 2.14. The maximum absolute atomic E-state index is 9.72.